The van der Waals surface area contributed by atoms with E-state index in [0.717, 1.165) is 11.4 Å². The van der Waals surface area contributed by atoms with Crippen molar-refractivity contribution in [2.24, 2.45) is 0 Å². The Balaban J connectivity index is 2.04. The molecule has 2 aromatic carbocycles. The summed E-state index contributed by atoms with van der Waals surface area (Å²) >= 11 is 0. The maximum Gasteiger partial charge on any atom is 0.224 e. The fourth-order valence-electron chi connectivity index (χ4n) is 1.62. The lowest BCUT2D eigenvalue weighted by atomic mass is 10.2. The zero-order valence-electron chi connectivity index (χ0n) is 10.6. The van der Waals surface area contributed by atoms with Crippen LogP contribution in [0.4, 0.5) is 21.5 Å². The molecule has 0 saturated carbocycles. The van der Waals surface area contributed by atoms with Crippen LogP contribution in [0.3, 0.4) is 0 Å². The number of hydrogen-bond donors (Lipinski definition) is 2. The number of anilines is 3. The van der Waals surface area contributed by atoms with E-state index in [4.69, 9.17) is 0 Å². The van der Waals surface area contributed by atoms with Crippen LogP contribution in [0, 0.1) is 5.82 Å². The lowest BCUT2D eigenvalue weighted by Gasteiger charge is -2.08. The molecule has 3 nitrogen and oxygen atoms in total. The smallest absolute Gasteiger partial charge is 0.224 e. The minimum atomic E-state index is -0.281. The molecule has 0 atom stereocenters. The highest BCUT2D eigenvalue weighted by Gasteiger charge is 2.00. The van der Waals surface area contributed by atoms with Gasteiger partial charge in [0.25, 0.3) is 0 Å². The predicted molar refractivity (Wildman–Crippen MR) is 75.0 cm³/mol. The third kappa shape index (κ3) is 3.81. The first-order valence-corrected chi connectivity index (χ1v) is 6.10. The number of carbonyl (C=O) groups is 1. The van der Waals surface area contributed by atoms with E-state index in [1.54, 1.807) is 31.2 Å². The van der Waals surface area contributed by atoms with E-state index in [2.05, 4.69) is 10.6 Å². The van der Waals surface area contributed by atoms with Crippen molar-refractivity contribution in [2.75, 3.05) is 10.6 Å². The fraction of sp³-hybridized carbons (Fsp3) is 0.133. The Morgan fingerprint density at radius 3 is 2.37 bits per heavy atom. The lowest BCUT2D eigenvalue weighted by molar-refractivity contribution is -0.115. The van der Waals surface area contributed by atoms with Gasteiger partial charge in [-0.1, -0.05) is 13.0 Å². The number of carbonyl (C=O) groups excluding carboxylic acids is 1. The van der Waals surface area contributed by atoms with Gasteiger partial charge in [-0.3, -0.25) is 4.79 Å². The molecule has 2 N–H and O–H groups in total. The average molecular weight is 258 g/mol. The molecule has 0 spiro atoms. The molecule has 1 amide bonds. The monoisotopic (exact) mass is 258 g/mol. The zero-order chi connectivity index (χ0) is 13.7. The zero-order valence-corrected chi connectivity index (χ0v) is 10.6. The molecule has 0 bridgehead atoms. The SMILES string of the molecule is CCC(=O)Nc1ccc(Nc2cccc(F)c2)cc1. The van der Waals surface area contributed by atoms with E-state index in [9.17, 15) is 9.18 Å². The Bertz CT molecular complexity index is 567. The standard InChI is InChI=1S/C15H15FN2O/c1-2-15(19)18-13-8-6-12(7-9-13)17-14-5-3-4-11(16)10-14/h3-10,17H,2H2,1H3,(H,18,19). The van der Waals surface area contributed by atoms with E-state index in [1.807, 2.05) is 12.1 Å². The summed E-state index contributed by atoms with van der Waals surface area (Å²) in [6.45, 7) is 1.80. The summed E-state index contributed by atoms with van der Waals surface area (Å²) in [6.07, 6.45) is 0.448. The second kappa shape index (κ2) is 6.00. The molecular weight excluding hydrogens is 243 g/mol. The lowest BCUT2D eigenvalue weighted by Crippen LogP contribution is -2.09. The summed E-state index contributed by atoms with van der Waals surface area (Å²) in [7, 11) is 0. The molecule has 0 fully saturated rings. The van der Waals surface area contributed by atoms with Crippen molar-refractivity contribution in [1.82, 2.24) is 0 Å². The van der Waals surface area contributed by atoms with Crippen LogP contribution in [-0.2, 0) is 4.79 Å². The third-order valence-corrected chi connectivity index (χ3v) is 2.60. The minimum absolute atomic E-state index is 0.0224. The summed E-state index contributed by atoms with van der Waals surface area (Å²) in [5.41, 5.74) is 2.27. The fourth-order valence-corrected chi connectivity index (χ4v) is 1.62. The van der Waals surface area contributed by atoms with Gasteiger partial charge in [0.15, 0.2) is 0 Å². The van der Waals surface area contributed by atoms with Gasteiger partial charge in [0.2, 0.25) is 5.91 Å². The molecule has 0 aliphatic rings. The molecule has 2 rings (SSSR count). The molecule has 0 aliphatic carbocycles. The molecule has 0 unspecified atom stereocenters. The molecule has 0 aromatic heterocycles. The molecular formula is C15H15FN2O. The second-order valence-corrected chi connectivity index (χ2v) is 4.11. The summed E-state index contributed by atoms with van der Waals surface area (Å²) < 4.78 is 13.0. The van der Waals surface area contributed by atoms with Gasteiger partial charge in [-0.2, -0.15) is 0 Å². The topological polar surface area (TPSA) is 41.1 Å². The molecule has 19 heavy (non-hydrogen) atoms. The summed E-state index contributed by atoms with van der Waals surface area (Å²) in [5.74, 6) is -0.303. The second-order valence-electron chi connectivity index (χ2n) is 4.11. The van der Waals surface area contributed by atoms with Gasteiger partial charge in [0.05, 0.1) is 0 Å². The van der Waals surface area contributed by atoms with Crippen LogP contribution in [-0.4, -0.2) is 5.91 Å². The average Bonchev–Trinajstić information content (AvgIpc) is 2.41. The Kier molecular flexibility index (Phi) is 4.13. The molecule has 0 saturated heterocycles. The van der Waals surface area contributed by atoms with Crippen LogP contribution in [0.1, 0.15) is 13.3 Å². The summed E-state index contributed by atoms with van der Waals surface area (Å²) in [4.78, 5) is 11.2. The maximum absolute atomic E-state index is 13.0. The summed E-state index contributed by atoms with van der Waals surface area (Å²) in [5, 5.41) is 5.85. The molecule has 98 valence electrons. The van der Waals surface area contributed by atoms with Crippen molar-refractivity contribution in [1.29, 1.82) is 0 Å². The van der Waals surface area contributed by atoms with Crippen molar-refractivity contribution in [3.05, 3.63) is 54.3 Å². The number of nitrogens with one attached hydrogen (secondary N) is 2. The van der Waals surface area contributed by atoms with Gasteiger partial charge in [-0.25, -0.2) is 4.39 Å². The van der Waals surface area contributed by atoms with E-state index in [1.165, 1.54) is 12.1 Å². The van der Waals surface area contributed by atoms with E-state index in [0.29, 0.717) is 12.1 Å². The van der Waals surface area contributed by atoms with Crippen LogP contribution >= 0.6 is 0 Å². The molecule has 2 aromatic rings. The predicted octanol–water partition coefficient (Wildman–Crippen LogP) is 3.92. The highest BCUT2D eigenvalue weighted by Crippen LogP contribution is 2.19. The normalized spacial score (nSPS) is 10.0. The van der Waals surface area contributed by atoms with Crippen LogP contribution < -0.4 is 10.6 Å². The quantitative estimate of drug-likeness (QED) is 0.872. The minimum Gasteiger partial charge on any atom is -0.355 e. The number of hydrogen-bond acceptors (Lipinski definition) is 2. The van der Waals surface area contributed by atoms with Crippen LogP contribution in [0.5, 0.6) is 0 Å². The van der Waals surface area contributed by atoms with E-state index in [-0.39, 0.29) is 11.7 Å². The summed E-state index contributed by atoms with van der Waals surface area (Å²) in [6, 6.07) is 13.5. The molecule has 0 aliphatic heterocycles. The first-order valence-electron chi connectivity index (χ1n) is 6.10. The van der Waals surface area contributed by atoms with E-state index < -0.39 is 0 Å². The van der Waals surface area contributed by atoms with Crippen molar-refractivity contribution in [3.63, 3.8) is 0 Å². The van der Waals surface area contributed by atoms with Gasteiger partial charge in [-0.15, -0.1) is 0 Å². The Labute approximate surface area is 111 Å². The number of rotatable bonds is 4. The Hall–Kier alpha value is -2.36. The largest absolute Gasteiger partial charge is 0.355 e. The van der Waals surface area contributed by atoms with Crippen LogP contribution in [0.25, 0.3) is 0 Å². The highest BCUT2D eigenvalue weighted by molar-refractivity contribution is 5.90. The van der Waals surface area contributed by atoms with E-state index >= 15 is 0 Å². The first-order chi connectivity index (χ1) is 9.17. The number of amides is 1. The van der Waals surface area contributed by atoms with Crippen molar-refractivity contribution in [2.45, 2.75) is 13.3 Å². The van der Waals surface area contributed by atoms with Crippen molar-refractivity contribution < 1.29 is 9.18 Å². The number of benzene rings is 2. The van der Waals surface area contributed by atoms with Gasteiger partial charge in [0.1, 0.15) is 5.82 Å². The van der Waals surface area contributed by atoms with Gasteiger partial charge in [0, 0.05) is 23.5 Å². The first kappa shape index (κ1) is 13.1. The molecule has 0 heterocycles. The molecule has 0 radical (unpaired) electrons. The van der Waals surface area contributed by atoms with Crippen molar-refractivity contribution >= 4 is 23.0 Å². The Morgan fingerprint density at radius 1 is 1.05 bits per heavy atom. The van der Waals surface area contributed by atoms with Gasteiger partial charge >= 0.3 is 0 Å². The number of halogens is 1. The van der Waals surface area contributed by atoms with Gasteiger partial charge in [-0.05, 0) is 42.5 Å². The van der Waals surface area contributed by atoms with Crippen LogP contribution in [0.15, 0.2) is 48.5 Å². The maximum atomic E-state index is 13.0. The van der Waals surface area contributed by atoms with Gasteiger partial charge < -0.3 is 10.6 Å². The van der Waals surface area contributed by atoms with Crippen LogP contribution in [0.2, 0.25) is 0 Å². The highest BCUT2D eigenvalue weighted by atomic mass is 19.1. The third-order valence-electron chi connectivity index (χ3n) is 2.60. The molecule has 4 heteroatoms. The Morgan fingerprint density at radius 2 is 1.74 bits per heavy atom. The van der Waals surface area contributed by atoms with Crippen molar-refractivity contribution in [3.8, 4) is 0 Å².